The molecule has 152 valence electrons. The van der Waals surface area contributed by atoms with Crippen LogP contribution in [0.1, 0.15) is 36.8 Å². The first-order chi connectivity index (χ1) is 13.9. The number of nitrogens with one attached hydrogen (secondary N) is 1. The van der Waals surface area contributed by atoms with Gasteiger partial charge in [0.2, 0.25) is 10.0 Å². The summed E-state index contributed by atoms with van der Waals surface area (Å²) in [6, 6.07) is 12.6. The van der Waals surface area contributed by atoms with E-state index in [0.29, 0.717) is 23.9 Å². The van der Waals surface area contributed by atoms with Crippen molar-refractivity contribution in [2.75, 3.05) is 0 Å². The SMILES string of the molecule is Cc1ccc2cc(CN(C3CCCC3)S(=O)(=O)c3ccccc3F)c(=O)[nH]c2c1. The van der Waals surface area contributed by atoms with Gasteiger partial charge in [-0.15, -0.1) is 0 Å². The van der Waals surface area contributed by atoms with E-state index in [0.717, 1.165) is 29.9 Å². The summed E-state index contributed by atoms with van der Waals surface area (Å²) in [5, 5.41) is 0.833. The Morgan fingerprint density at radius 1 is 1.10 bits per heavy atom. The smallest absolute Gasteiger partial charge is 0.252 e. The maximum atomic E-state index is 14.3. The summed E-state index contributed by atoms with van der Waals surface area (Å²) in [4.78, 5) is 15.2. The Labute approximate surface area is 169 Å². The number of rotatable bonds is 5. The number of benzene rings is 2. The molecule has 0 unspecified atom stereocenters. The van der Waals surface area contributed by atoms with Gasteiger partial charge in [0, 0.05) is 23.7 Å². The lowest BCUT2D eigenvalue weighted by molar-refractivity contribution is 0.314. The second-order valence-electron chi connectivity index (χ2n) is 7.63. The largest absolute Gasteiger partial charge is 0.322 e. The van der Waals surface area contributed by atoms with Crippen LogP contribution in [0.5, 0.6) is 0 Å². The third kappa shape index (κ3) is 3.84. The van der Waals surface area contributed by atoms with Gasteiger partial charge in [0.15, 0.2) is 0 Å². The molecule has 1 saturated carbocycles. The van der Waals surface area contributed by atoms with Crippen LogP contribution in [0.2, 0.25) is 0 Å². The monoisotopic (exact) mass is 414 g/mol. The molecule has 5 nitrogen and oxygen atoms in total. The van der Waals surface area contributed by atoms with Crippen LogP contribution in [0.25, 0.3) is 10.9 Å². The highest BCUT2D eigenvalue weighted by atomic mass is 32.2. The van der Waals surface area contributed by atoms with E-state index in [1.165, 1.54) is 22.5 Å². The third-order valence-electron chi connectivity index (χ3n) is 5.56. The van der Waals surface area contributed by atoms with E-state index in [2.05, 4.69) is 4.98 Å². The van der Waals surface area contributed by atoms with Crippen molar-refractivity contribution in [2.45, 2.75) is 50.1 Å². The molecule has 29 heavy (non-hydrogen) atoms. The molecule has 0 atom stereocenters. The summed E-state index contributed by atoms with van der Waals surface area (Å²) < 4.78 is 42.3. The minimum absolute atomic E-state index is 0.0829. The van der Waals surface area contributed by atoms with Crippen molar-refractivity contribution < 1.29 is 12.8 Å². The summed E-state index contributed by atoms with van der Waals surface area (Å²) in [6.45, 7) is 1.86. The molecule has 1 aromatic heterocycles. The number of hydrogen-bond donors (Lipinski definition) is 1. The lowest BCUT2D eigenvalue weighted by Crippen LogP contribution is -2.40. The number of aromatic amines is 1. The molecule has 3 aromatic rings. The minimum Gasteiger partial charge on any atom is -0.322 e. The Morgan fingerprint density at radius 2 is 1.83 bits per heavy atom. The van der Waals surface area contributed by atoms with Gasteiger partial charge in [-0.05, 0) is 55.0 Å². The summed E-state index contributed by atoms with van der Waals surface area (Å²) in [5.41, 5.74) is 1.77. The Balaban J connectivity index is 1.78. The standard InChI is InChI=1S/C22H23FN2O3S/c1-15-10-11-16-13-17(22(26)24-20(16)12-15)14-25(18-6-2-3-7-18)29(27,28)21-9-5-4-8-19(21)23/h4-5,8-13,18H,2-3,6-7,14H2,1H3,(H,24,26). The summed E-state index contributed by atoms with van der Waals surface area (Å²) >= 11 is 0. The normalized spacial score (nSPS) is 15.4. The molecule has 1 N–H and O–H groups in total. The number of halogens is 1. The fourth-order valence-electron chi connectivity index (χ4n) is 4.03. The fourth-order valence-corrected chi connectivity index (χ4v) is 5.76. The zero-order chi connectivity index (χ0) is 20.6. The molecule has 0 aliphatic heterocycles. The Bertz CT molecular complexity index is 1210. The lowest BCUT2D eigenvalue weighted by atomic mass is 10.1. The number of sulfonamides is 1. The molecule has 1 aliphatic carbocycles. The molecule has 0 saturated heterocycles. The van der Waals surface area contributed by atoms with Crippen LogP contribution in [0.4, 0.5) is 4.39 Å². The summed E-state index contributed by atoms with van der Waals surface area (Å²) in [5.74, 6) is -0.779. The van der Waals surface area contributed by atoms with Crippen molar-refractivity contribution >= 4 is 20.9 Å². The van der Waals surface area contributed by atoms with Gasteiger partial charge in [-0.1, -0.05) is 37.1 Å². The number of nitrogens with zero attached hydrogens (tertiary/aromatic N) is 1. The van der Waals surface area contributed by atoms with Crippen molar-refractivity contribution in [1.82, 2.24) is 9.29 Å². The number of H-pyrrole nitrogens is 1. The summed E-state index contributed by atoms with van der Waals surface area (Å²) in [6.07, 6.45) is 3.25. The van der Waals surface area contributed by atoms with Gasteiger partial charge in [-0.2, -0.15) is 4.31 Å². The predicted molar refractivity (Wildman–Crippen MR) is 111 cm³/mol. The number of hydrogen-bond acceptors (Lipinski definition) is 3. The molecule has 1 fully saturated rings. The highest BCUT2D eigenvalue weighted by Crippen LogP contribution is 2.31. The number of aromatic nitrogens is 1. The third-order valence-corrected chi connectivity index (χ3v) is 7.49. The van der Waals surface area contributed by atoms with Crippen LogP contribution in [0.15, 0.2) is 58.2 Å². The van der Waals surface area contributed by atoms with Gasteiger partial charge in [-0.25, -0.2) is 12.8 Å². The molecule has 0 amide bonds. The van der Waals surface area contributed by atoms with E-state index < -0.39 is 15.8 Å². The van der Waals surface area contributed by atoms with Crippen LogP contribution in [0, 0.1) is 12.7 Å². The van der Waals surface area contributed by atoms with E-state index in [9.17, 15) is 17.6 Å². The summed E-state index contributed by atoms with van der Waals surface area (Å²) in [7, 11) is -4.08. The molecular weight excluding hydrogens is 391 g/mol. The van der Waals surface area contributed by atoms with Crippen LogP contribution in [-0.4, -0.2) is 23.7 Å². The first kappa shape index (κ1) is 19.8. The van der Waals surface area contributed by atoms with Crippen molar-refractivity contribution in [1.29, 1.82) is 0 Å². The Hall–Kier alpha value is -2.51. The van der Waals surface area contributed by atoms with Crippen molar-refractivity contribution in [3.8, 4) is 0 Å². The quantitative estimate of drug-likeness (QED) is 0.683. The van der Waals surface area contributed by atoms with Gasteiger partial charge in [0.1, 0.15) is 10.7 Å². The van der Waals surface area contributed by atoms with E-state index in [1.807, 2.05) is 25.1 Å². The maximum absolute atomic E-state index is 14.3. The molecule has 1 aliphatic rings. The molecule has 1 heterocycles. The van der Waals surface area contributed by atoms with Crippen LogP contribution < -0.4 is 5.56 Å². The van der Waals surface area contributed by atoms with Crippen LogP contribution >= 0.6 is 0 Å². The minimum atomic E-state index is -4.08. The average Bonchev–Trinajstić information content (AvgIpc) is 3.20. The predicted octanol–water partition coefficient (Wildman–Crippen LogP) is 4.11. The molecule has 7 heteroatoms. The molecular formula is C22H23FN2O3S. The average molecular weight is 415 g/mol. The van der Waals surface area contributed by atoms with Gasteiger partial charge < -0.3 is 4.98 Å². The molecule has 0 bridgehead atoms. The van der Waals surface area contributed by atoms with Crippen LogP contribution in [0.3, 0.4) is 0 Å². The van der Waals surface area contributed by atoms with E-state index >= 15 is 0 Å². The topological polar surface area (TPSA) is 70.2 Å². The van der Waals surface area contributed by atoms with Crippen molar-refractivity contribution in [2.24, 2.45) is 0 Å². The second-order valence-corrected chi connectivity index (χ2v) is 9.49. The number of pyridine rings is 1. The van der Waals surface area contributed by atoms with Gasteiger partial charge >= 0.3 is 0 Å². The highest BCUT2D eigenvalue weighted by Gasteiger charge is 2.35. The lowest BCUT2D eigenvalue weighted by Gasteiger charge is -2.28. The van der Waals surface area contributed by atoms with Gasteiger partial charge in [0.25, 0.3) is 5.56 Å². The van der Waals surface area contributed by atoms with E-state index in [-0.39, 0.29) is 23.0 Å². The van der Waals surface area contributed by atoms with Crippen LogP contribution in [-0.2, 0) is 16.6 Å². The van der Waals surface area contributed by atoms with Crippen molar-refractivity contribution in [3.63, 3.8) is 0 Å². The number of aryl methyl sites for hydroxylation is 1. The zero-order valence-corrected chi connectivity index (χ0v) is 17.0. The Morgan fingerprint density at radius 3 is 2.55 bits per heavy atom. The second kappa shape index (κ2) is 7.72. The zero-order valence-electron chi connectivity index (χ0n) is 16.2. The van der Waals surface area contributed by atoms with Crippen molar-refractivity contribution in [3.05, 3.63) is 75.8 Å². The maximum Gasteiger partial charge on any atom is 0.252 e. The van der Waals surface area contributed by atoms with Gasteiger partial charge in [0.05, 0.1) is 0 Å². The molecule has 4 rings (SSSR count). The van der Waals surface area contributed by atoms with E-state index in [4.69, 9.17) is 0 Å². The molecule has 0 spiro atoms. The van der Waals surface area contributed by atoms with Gasteiger partial charge in [-0.3, -0.25) is 4.79 Å². The Kier molecular flexibility index (Phi) is 5.27. The molecule has 0 radical (unpaired) electrons. The first-order valence-electron chi connectivity index (χ1n) is 9.75. The number of fused-ring (bicyclic) bond motifs is 1. The fraction of sp³-hybridized carbons (Fsp3) is 0.318. The van der Waals surface area contributed by atoms with E-state index in [1.54, 1.807) is 6.07 Å². The first-order valence-corrected chi connectivity index (χ1v) is 11.2. The highest BCUT2D eigenvalue weighted by molar-refractivity contribution is 7.89. The molecule has 2 aromatic carbocycles.